The summed E-state index contributed by atoms with van der Waals surface area (Å²) in [5.41, 5.74) is 1.22. The molecule has 0 amide bonds. The monoisotopic (exact) mass is 287 g/mol. The summed E-state index contributed by atoms with van der Waals surface area (Å²) in [4.78, 5) is 19.5. The number of rotatable bonds is 6. The Kier molecular flexibility index (Phi) is 5.09. The summed E-state index contributed by atoms with van der Waals surface area (Å²) in [6.45, 7) is 3.13. The molecule has 0 saturated heterocycles. The van der Waals surface area contributed by atoms with Crippen LogP contribution in [0.25, 0.3) is 0 Å². The van der Waals surface area contributed by atoms with E-state index in [4.69, 9.17) is 4.74 Å². The fraction of sp³-hybridized carbons (Fsp3) is 0.267. The number of ether oxygens (including phenoxy) is 2. The van der Waals surface area contributed by atoms with Crippen LogP contribution in [0.15, 0.2) is 36.7 Å². The number of carbonyl (C=O) groups excluding carboxylic acids is 1. The van der Waals surface area contributed by atoms with Gasteiger partial charge in [0, 0.05) is 6.54 Å². The molecule has 0 unspecified atom stereocenters. The SMILES string of the molecule is CCOc1cccc(CNc2cncc(C(=O)OC)n2)c1. The van der Waals surface area contributed by atoms with Crippen LogP contribution < -0.4 is 10.1 Å². The van der Waals surface area contributed by atoms with Crippen LogP contribution in [-0.4, -0.2) is 29.7 Å². The third kappa shape index (κ3) is 4.17. The molecule has 0 bridgehead atoms. The number of nitrogens with one attached hydrogen (secondary N) is 1. The molecule has 1 heterocycles. The number of aromatic nitrogens is 2. The zero-order valence-corrected chi connectivity index (χ0v) is 12.0. The molecule has 6 nitrogen and oxygen atoms in total. The molecule has 1 aromatic heterocycles. The lowest BCUT2D eigenvalue weighted by atomic mass is 10.2. The van der Waals surface area contributed by atoms with Crippen molar-refractivity contribution < 1.29 is 14.3 Å². The van der Waals surface area contributed by atoms with Crippen LogP contribution in [0.2, 0.25) is 0 Å². The maximum atomic E-state index is 11.4. The lowest BCUT2D eigenvalue weighted by Gasteiger charge is -2.08. The Morgan fingerprint density at radius 2 is 2.19 bits per heavy atom. The Labute approximate surface area is 123 Å². The Balaban J connectivity index is 2.02. The third-order valence-corrected chi connectivity index (χ3v) is 2.71. The van der Waals surface area contributed by atoms with Crippen LogP contribution >= 0.6 is 0 Å². The fourth-order valence-corrected chi connectivity index (χ4v) is 1.76. The van der Waals surface area contributed by atoms with E-state index in [1.165, 1.54) is 13.3 Å². The minimum Gasteiger partial charge on any atom is -0.494 e. The van der Waals surface area contributed by atoms with Crippen molar-refractivity contribution in [2.45, 2.75) is 13.5 Å². The number of esters is 1. The van der Waals surface area contributed by atoms with Gasteiger partial charge in [0.05, 0.1) is 26.1 Å². The van der Waals surface area contributed by atoms with Gasteiger partial charge >= 0.3 is 5.97 Å². The molecular weight excluding hydrogens is 270 g/mol. The highest BCUT2D eigenvalue weighted by Gasteiger charge is 2.08. The Bertz CT molecular complexity index is 617. The summed E-state index contributed by atoms with van der Waals surface area (Å²) in [6.07, 6.45) is 2.92. The van der Waals surface area contributed by atoms with Gasteiger partial charge in [0.25, 0.3) is 0 Å². The first-order valence-corrected chi connectivity index (χ1v) is 6.59. The van der Waals surface area contributed by atoms with Crippen LogP contribution in [0.5, 0.6) is 5.75 Å². The summed E-state index contributed by atoms with van der Waals surface area (Å²) < 4.78 is 10.1. The van der Waals surface area contributed by atoms with E-state index < -0.39 is 5.97 Å². The largest absolute Gasteiger partial charge is 0.494 e. The Hall–Kier alpha value is -2.63. The molecule has 2 rings (SSSR count). The normalized spacial score (nSPS) is 10.0. The second-order valence-electron chi connectivity index (χ2n) is 4.22. The number of methoxy groups -OCH3 is 1. The van der Waals surface area contributed by atoms with Crippen LogP contribution in [0.1, 0.15) is 23.0 Å². The van der Waals surface area contributed by atoms with Gasteiger partial charge in [-0.15, -0.1) is 0 Å². The number of hydrogen-bond donors (Lipinski definition) is 1. The number of hydrogen-bond acceptors (Lipinski definition) is 6. The molecule has 21 heavy (non-hydrogen) atoms. The van der Waals surface area contributed by atoms with Gasteiger partial charge in [-0.25, -0.2) is 9.78 Å². The van der Waals surface area contributed by atoms with Gasteiger partial charge in [0.2, 0.25) is 0 Å². The van der Waals surface area contributed by atoms with Crippen molar-refractivity contribution in [1.82, 2.24) is 9.97 Å². The van der Waals surface area contributed by atoms with E-state index >= 15 is 0 Å². The lowest BCUT2D eigenvalue weighted by Crippen LogP contribution is -2.08. The van der Waals surface area contributed by atoms with Crippen LogP contribution in [0.4, 0.5) is 5.82 Å². The second kappa shape index (κ2) is 7.23. The topological polar surface area (TPSA) is 73.3 Å². The van der Waals surface area contributed by atoms with Crippen molar-refractivity contribution in [3.63, 3.8) is 0 Å². The highest BCUT2D eigenvalue weighted by atomic mass is 16.5. The third-order valence-electron chi connectivity index (χ3n) is 2.71. The second-order valence-corrected chi connectivity index (χ2v) is 4.22. The highest BCUT2D eigenvalue weighted by Crippen LogP contribution is 2.14. The number of benzene rings is 1. The van der Waals surface area contributed by atoms with E-state index in [2.05, 4.69) is 20.0 Å². The van der Waals surface area contributed by atoms with E-state index in [-0.39, 0.29) is 5.69 Å². The average Bonchev–Trinajstić information content (AvgIpc) is 2.53. The van der Waals surface area contributed by atoms with Crippen molar-refractivity contribution in [2.24, 2.45) is 0 Å². The molecule has 0 aliphatic heterocycles. The van der Waals surface area contributed by atoms with E-state index in [0.717, 1.165) is 11.3 Å². The quantitative estimate of drug-likeness (QED) is 0.822. The van der Waals surface area contributed by atoms with Crippen molar-refractivity contribution in [1.29, 1.82) is 0 Å². The molecule has 0 atom stereocenters. The van der Waals surface area contributed by atoms with Crippen molar-refractivity contribution in [2.75, 3.05) is 19.0 Å². The first-order valence-electron chi connectivity index (χ1n) is 6.59. The van der Waals surface area contributed by atoms with E-state index in [1.54, 1.807) is 6.20 Å². The fourth-order valence-electron chi connectivity index (χ4n) is 1.76. The maximum absolute atomic E-state index is 11.4. The molecule has 1 aromatic carbocycles. The standard InChI is InChI=1S/C15H17N3O3/c1-3-21-12-6-4-5-11(7-12)8-17-14-10-16-9-13(18-14)15(19)20-2/h4-7,9-10H,3,8H2,1-2H3,(H,17,18). The molecule has 0 aliphatic carbocycles. The highest BCUT2D eigenvalue weighted by molar-refractivity contribution is 5.87. The summed E-state index contributed by atoms with van der Waals surface area (Å²) in [7, 11) is 1.31. The van der Waals surface area contributed by atoms with E-state index in [0.29, 0.717) is 19.0 Å². The summed E-state index contributed by atoms with van der Waals surface area (Å²) >= 11 is 0. The predicted molar refractivity (Wildman–Crippen MR) is 78.3 cm³/mol. The molecule has 6 heteroatoms. The van der Waals surface area contributed by atoms with Gasteiger partial charge in [-0.3, -0.25) is 4.98 Å². The number of nitrogens with zero attached hydrogens (tertiary/aromatic N) is 2. The predicted octanol–water partition coefficient (Wildman–Crippen LogP) is 2.27. The molecule has 2 aromatic rings. The molecule has 0 spiro atoms. The van der Waals surface area contributed by atoms with Gasteiger partial charge < -0.3 is 14.8 Å². The first kappa shape index (κ1) is 14.8. The molecular formula is C15H17N3O3. The van der Waals surface area contributed by atoms with Gasteiger partial charge in [-0.1, -0.05) is 12.1 Å². The average molecular weight is 287 g/mol. The lowest BCUT2D eigenvalue weighted by molar-refractivity contribution is 0.0593. The maximum Gasteiger partial charge on any atom is 0.358 e. The van der Waals surface area contributed by atoms with E-state index in [1.807, 2.05) is 31.2 Å². The Morgan fingerprint density at radius 3 is 2.95 bits per heavy atom. The van der Waals surface area contributed by atoms with Gasteiger partial charge in [-0.2, -0.15) is 0 Å². The smallest absolute Gasteiger partial charge is 0.358 e. The van der Waals surface area contributed by atoms with Crippen LogP contribution in [-0.2, 0) is 11.3 Å². The summed E-state index contributed by atoms with van der Waals surface area (Å²) in [6, 6.07) is 7.77. The molecule has 0 saturated carbocycles. The number of anilines is 1. The van der Waals surface area contributed by atoms with Crippen molar-refractivity contribution in [3.05, 3.63) is 47.9 Å². The molecule has 0 radical (unpaired) electrons. The molecule has 110 valence electrons. The van der Waals surface area contributed by atoms with E-state index in [9.17, 15) is 4.79 Å². The molecule has 1 N–H and O–H groups in total. The zero-order valence-electron chi connectivity index (χ0n) is 12.0. The first-order chi connectivity index (χ1) is 10.2. The van der Waals surface area contributed by atoms with Crippen LogP contribution in [0, 0.1) is 0 Å². The molecule has 0 aliphatic rings. The van der Waals surface area contributed by atoms with Gasteiger partial charge in [0.15, 0.2) is 5.69 Å². The van der Waals surface area contributed by atoms with Crippen molar-refractivity contribution in [3.8, 4) is 5.75 Å². The summed E-state index contributed by atoms with van der Waals surface area (Å²) in [5, 5.41) is 3.11. The summed E-state index contributed by atoms with van der Waals surface area (Å²) in [5.74, 6) is 0.829. The van der Waals surface area contributed by atoms with Gasteiger partial charge in [-0.05, 0) is 24.6 Å². The Morgan fingerprint density at radius 1 is 1.33 bits per heavy atom. The van der Waals surface area contributed by atoms with Crippen molar-refractivity contribution >= 4 is 11.8 Å². The minimum absolute atomic E-state index is 0.172. The molecule has 0 fully saturated rings. The number of carbonyl (C=O) groups is 1. The minimum atomic E-state index is -0.510. The van der Waals surface area contributed by atoms with Crippen LogP contribution in [0.3, 0.4) is 0 Å². The zero-order chi connectivity index (χ0) is 15.1. The van der Waals surface area contributed by atoms with Gasteiger partial charge in [0.1, 0.15) is 11.6 Å².